The lowest BCUT2D eigenvalue weighted by Gasteiger charge is -2.14. The van der Waals surface area contributed by atoms with E-state index in [9.17, 15) is 0 Å². The van der Waals surface area contributed by atoms with E-state index in [2.05, 4.69) is 25.0 Å². The van der Waals surface area contributed by atoms with Crippen molar-refractivity contribution < 1.29 is 0 Å². The molecule has 0 bridgehead atoms. The Morgan fingerprint density at radius 2 is 1.87 bits per heavy atom. The zero-order valence-electron chi connectivity index (χ0n) is 10.0. The van der Waals surface area contributed by atoms with Gasteiger partial charge in [-0.15, -0.1) is 6.42 Å². The first-order valence-electron chi connectivity index (χ1n) is 5.88. The van der Waals surface area contributed by atoms with Crippen molar-refractivity contribution in [2.45, 2.75) is 45.4 Å². The quantitative estimate of drug-likeness (QED) is 0.629. The molecule has 0 nitrogen and oxygen atoms in total. The average Bonchev–Trinajstić information content (AvgIpc) is 3.12. The Bertz CT molecular complexity index is 351. The molecule has 1 aromatic rings. The maximum absolute atomic E-state index is 5.48. The summed E-state index contributed by atoms with van der Waals surface area (Å²) in [5.74, 6) is 2.78. The Hall–Kier alpha value is -1.22. The van der Waals surface area contributed by atoms with Crippen molar-refractivity contribution in [1.29, 1.82) is 0 Å². The fourth-order valence-corrected chi connectivity index (χ4v) is 2.04. The molecule has 0 heteroatoms. The van der Waals surface area contributed by atoms with E-state index in [0.717, 1.165) is 5.56 Å². The van der Waals surface area contributed by atoms with E-state index < -0.39 is 0 Å². The van der Waals surface area contributed by atoms with Crippen LogP contribution >= 0.6 is 0 Å². The monoisotopic (exact) mass is 200 g/mol. The van der Waals surface area contributed by atoms with Crippen LogP contribution in [-0.4, -0.2) is 0 Å². The van der Waals surface area contributed by atoms with Gasteiger partial charge in [0, 0.05) is 5.56 Å². The van der Waals surface area contributed by atoms with E-state index >= 15 is 0 Å². The fraction of sp³-hybridized carbons (Fsp3) is 0.467. The number of hydrogen-bond donors (Lipinski definition) is 0. The van der Waals surface area contributed by atoms with Crippen molar-refractivity contribution >= 4 is 0 Å². The van der Waals surface area contributed by atoms with Crippen LogP contribution in [0.2, 0.25) is 0 Å². The number of hydrogen-bond acceptors (Lipinski definition) is 0. The van der Waals surface area contributed by atoms with Gasteiger partial charge < -0.3 is 0 Å². The minimum Gasteiger partial charge on any atom is -0.115 e. The summed E-state index contributed by atoms with van der Waals surface area (Å²) < 4.78 is 0. The van der Waals surface area contributed by atoms with Gasteiger partial charge in [-0.25, -0.2) is 0 Å². The number of terminal acetylenes is 1. The van der Waals surface area contributed by atoms with E-state index in [1.807, 2.05) is 26.0 Å². The summed E-state index contributed by atoms with van der Waals surface area (Å²) in [5.41, 5.74) is 2.91. The van der Waals surface area contributed by atoms with Crippen LogP contribution in [0.4, 0.5) is 0 Å². The van der Waals surface area contributed by atoms with Gasteiger partial charge in [-0.2, -0.15) is 0 Å². The summed E-state index contributed by atoms with van der Waals surface area (Å²) in [7, 11) is 0. The number of rotatable bonds is 2. The van der Waals surface area contributed by atoms with E-state index in [1.54, 1.807) is 0 Å². The minimum atomic E-state index is 0.433. The van der Waals surface area contributed by atoms with Crippen molar-refractivity contribution in [2.75, 3.05) is 0 Å². The lowest BCUT2D eigenvalue weighted by atomic mass is 9.89. The standard InChI is InChI=1S/C13H14.C2H6/c1-3-11-7-5-6-8-12(11)13(4-2)9-10-13;1-2/h1,5-8H,4,9-10H2,2H3;1-2H3. The zero-order valence-corrected chi connectivity index (χ0v) is 10.0. The summed E-state index contributed by atoms with van der Waals surface area (Å²) in [6.45, 7) is 6.25. The summed E-state index contributed by atoms with van der Waals surface area (Å²) in [6, 6.07) is 8.34. The van der Waals surface area contributed by atoms with Crippen LogP contribution in [0.25, 0.3) is 0 Å². The van der Waals surface area contributed by atoms with Crippen molar-refractivity contribution in [2.24, 2.45) is 0 Å². The van der Waals surface area contributed by atoms with E-state index in [0.29, 0.717) is 5.41 Å². The van der Waals surface area contributed by atoms with Gasteiger partial charge in [0.05, 0.1) is 0 Å². The molecule has 1 aromatic carbocycles. The molecule has 15 heavy (non-hydrogen) atoms. The highest BCUT2D eigenvalue weighted by molar-refractivity contribution is 5.46. The van der Waals surface area contributed by atoms with Crippen LogP contribution in [0, 0.1) is 12.3 Å². The highest BCUT2D eigenvalue weighted by atomic mass is 14.5. The first kappa shape index (κ1) is 11.9. The fourth-order valence-electron chi connectivity index (χ4n) is 2.04. The Kier molecular flexibility index (Phi) is 3.97. The first-order valence-corrected chi connectivity index (χ1v) is 5.88. The van der Waals surface area contributed by atoms with Gasteiger partial charge in [0.15, 0.2) is 0 Å². The van der Waals surface area contributed by atoms with Gasteiger partial charge in [0.2, 0.25) is 0 Å². The van der Waals surface area contributed by atoms with E-state index in [1.165, 1.54) is 24.8 Å². The predicted molar refractivity (Wildman–Crippen MR) is 66.9 cm³/mol. The molecular formula is C15H20. The van der Waals surface area contributed by atoms with Crippen LogP contribution < -0.4 is 0 Å². The molecule has 2 rings (SSSR count). The molecule has 0 amide bonds. The third-order valence-electron chi connectivity index (χ3n) is 3.18. The molecule has 0 spiro atoms. The molecule has 0 saturated heterocycles. The smallest absolute Gasteiger partial charge is 0.0280 e. The van der Waals surface area contributed by atoms with Crippen molar-refractivity contribution in [3.8, 4) is 12.3 Å². The van der Waals surface area contributed by atoms with Crippen molar-refractivity contribution in [3.63, 3.8) is 0 Å². The van der Waals surface area contributed by atoms with Crippen LogP contribution in [0.1, 0.15) is 51.2 Å². The molecule has 0 N–H and O–H groups in total. The van der Waals surface area contributed by atoms with E-state index in [4.69, 9.17) is 6.42 Å². The van der Waals surface area contributed by atoms with Gasteiger partial charge in [0.25, 0.3) is 0 Å². The Morgan fingerprint density at radius 3 is 2.33 bits per heavy atom. The second-order valence-electron chi connectivity index (χ2n) is 3.82. The molecule has 80 valence electrons. The second-order valence-corrected chi connectivity index (χ2v) is 3.82. The number of benzene rings is 1. The van der Waals surface area contributed by atoms with Crippen LogP contribution in [-0.2, 0) is 5.41 Å². The van der Waals surface area contributed by atoms with Gasteiger partial charge >= 0.3 is 0 Å². The maximum Gasteiger partial charge on any atom is 0.0280 e. The van der Waals surface area contributed by atoms with Crippen molar-refractivity contribution in [1.82, 2.24) is 0 Å². The molecule has 0 aliphatic heterocycles. The van der Waals surface area contributed by atoms with Gasteiger partial charge in [-0.3, -0.25) is 0 Å². The van der Waals surface area contributed by atoms with Gasteiger partial charge in [0.1, 0.15) is 0 Å². The zero-order chi connectivity index (χ0) is 11.3. The normalized spacial score (nSPS) is 15.9. The topological polar surface area (TPSA) is 0 Å². The summed E-state index contributed by atoms with van der Waals surface area (Å²) in [6.07, 6.45) is 9.31. The first-order chi connectivity index (χ1) is 7.32. The molecule has 0 heterocycles. The average molecular weight is 200 g/mol. The lowest BCUT2D eigenvalue weighted by Crippen LogP contribution is -2.06. The Morgan fingerprint density at radius 1 is 1.27 bits per heavy atom. The summed E-state index contributed by atoms with van der Waals surface area (Å²) in [4.78, 5) is 0. The van der Waals surface area contributed by atoms with Gasteiger partial charge in [-0.05, 0) is 36.3 Å². The highest BCUT2D eigenvalue weighted by Gasteiger charge is 2.43. The SMILES string of the molecule is C#Cc1ccccc1C1(CC)CC1.CC. The molecular weight excluding hydrogens is 180 g/mol. The highest BCUT2D eigenvalue weighted by Crippen LogP contribution is 2.51. The summed E-state index contributed by atoms with van der Waals surface area (Å²) >= 11 is 0. The minimum absolute atomic E-state index is 0.433. The molecule has 0 atom stereocenters. The maximum atomic E-state index is 5.48. The Balaban J connectivity index is 0.000000531. The van der Waals surface area contributed by atoms with Crippen LogP contribution in [0.3, 0.4) is 0 Å². The summed E-state index contributed by atoms with van der Waals surface area (Å²) in [5, 5.41) is 0. The molecule has 1 fully saturated rings. The van der Waals surface area contributed by atoms with E-state index in [-0.39, 0.29) is 0 Å². The Labute approximate surface area is 93.7 Å². The molecule has 1 aliphatic carbocycles. The van der Waals surface area contributed by atoms with Gasteiger partial charge in [-0.1, -0.05) is 44.9 Å². The van der Waals surface area contributed by atoms with Crippen LogP contribution in [0.15, 0.2) is 24.3 Å². The molecule has 1 aliphatic rings. The third kappa shape index (κ3) is 2.23. The third-order valence-corrected chi connectivity index (χ3v) is 3.18. The molecule has 1 saturated carbocycles. The molecule has 0 aromatic heterocycles. The predicted octanol–water partition coefficient (Wildman–Crippen LogP) is 4.14. The van der Waals surface area contributed by atoms with Crippen molar-refractivity contribution in [3.05, 3.63) is 35.4 Å². The van der Waals surface area contributed by atoms with Crippen LogP contribution in [0.5, 0.6) is 0 Å². The largest absolute Gasteiger partial charge is 0.115 e. The second kappa shape index (κ2) is 5.03. The molecule has 0 unspecified atom stereocenters. The lowest BCUT2D eigenvalue weighted by molar-refractivity contribution is 0.662. The molecule has 0 radical (unpaired) electrons.